The van der Waals surface area contributed by atoms with Crippen molar-refractivity contribution in [1.29, 1.82) is 0 Å². The molecule has 0 saturated carbocycles. The second-order valence-corrected chi connectivity index (χ2v) is 9.16. The molecule has 2 N–H and O–H groups in total. The highest BCUT2D eigenvalue weighted by Gasteiger charge is 2.16. The second-order valence-electron chi connectivity index (χ2n) is 5.55. The molecule has 7 heteroatoms. The maximum atomic E-state index is 12.6. The van der Waals surface area contributed by atoms with Crippen LogP contribution in [0.15, 0.2) is 40.9 Å². The first-order chi connectivity index (χ1) is 11.8. The molecular weight excluding hydrogens is 626 g/mol. The number of carbonyl (C=O) groups is 1. The van der Waals surface area contributed by atoms with E-state index in [1.165, 1.54) is 5.56 Å². The standard InChI is InChI=1S/C18H17BrI2N2OS/c1-3-10(2)12-6-4-5-7-15(12)22-18(25)23-17(24)13-8-11(20)9-14(21)16(13)19/h4-10H,3H2,1-2H3,(H2,22,23,24,25). The number of carbonyl (C=O) groups excluding carboxylic acids is 1. The van der Waals surface area contributed by atoms with Crippen molar-refractivity contribution in [2.45, 2.75) is 26.2 Å². The molecule has 0 aliphatic carbocycles. The second kappa shape index (κ2) is 9.61. The number of benzene rings is 2. The van der Waals surface area contributed by atoms with E-state index in [9.17, 15) is 4.79 Å². The molecule has 0 heterocycles. The Balaban J connectivity index is 2.15. The minimum atomic E-state index is -0.234. The van der Waals surface area contributed by atoms with Crippen LogP contribution in [0.4, 0.5) is 5.69 Å². The smallest absolute Gasteiger partial charge is 0.258 e. The molecule has 1 amide bonds. The quantitative estimate of drug-likeness (QED) is 0.234. The zero-order chi connectivity index (χ0) is 18.6. The average molecular weight is 643 g/mol. The lowest BCUT2D eigenvalue weighted by Gasteiger charge is -2.17. The first-order valence-electron chi connectivity index (χ1n) is 7.69. The van der Waals surface area contributed by atoms with Crippen molar-refractivity contribution in [2.24, 2.45) is 0 Å². The Morgan fingerprint density at radius 1 is 1.28 bits per heavy atom. The molecule has 0 aliphatic rings. The molecule has 0 aliphatic heterocycles. The number of para-hydroxylation sites is 1. The lowest BCUT2D eigenvalue weighted by molar-refractivity contribution is 0.0977. The molecule has 1 unspecified atom stereocenters. The Bertz CT molecular complexity index is 814. The third-order valence-electron chi connectivity index (χ3n) is 3.82. The highest BCUT2D eigenvalue weighted by atomic mass is 127. The van der Waals surface area contributed by atoms with E-state index in [0.29, 0.717) is 16.6 Å². The van der Waals surface area contributed by atoms with Gasteiger partial charge in [0.05, 0.1) is 5.56 Å². The predicted molar refractivity (Wildman–Crippen MR) is 128 cm³/mol. The van der Waals surface area contributed by atoms with E-state index in [1.807, 2.05) is 30.3 Å². The summed E-state index contributed by atoms with van der Waals surface area (Å²) in [6, 6.07) is 11.9. The van der Waals surface area contributed by atoms with Crippen molar-refractivity contribution in [3.05, 3.63) is 59.1 Å². The van der Waals surface area contributed by atoms with Crippen LogP contribution in [0.25, 0.3) is 0 Å². The van der Waals surface area contributed by atoms with Gasteiger partial charge in [-0.05, 0) is 109 Å². The summed E-state index contributed by atoms with van der Waals surface area (Å²) in [5, 5.41) is 6.22. The third-order valence-corrected chi connectivity index (χ3v) is 7.09. The highest BCUT2D eigenvalue weighted by Crippen LogP contribution is 2.27. The molecule has 25 heavy (non-hydrogen) atoms. The summed E-state index contributed by atoms with van der Waals surface area (Å²) in [5.74, 6) is 0.176. The molecule has 0 spiro atoms. The fourth-order valence-corrected chi connectivity index (χ4v) is 4.76. The first-order valence-corrected chi connectivity index (χ1v) is 11.0. The van der Waals surface area contributed by atoms with Gasteiger partial charge < -0.3 is 5.32 Å². The van der Waals surface area contributed by atoms with Crippen molar-refractivity contribution in [2.75, 3.05) is 5.32 Å². The highest BCUT2D eigenvalue weighted by molar-refractivity contribution is 14.1. The number of anilines is 1. The van der Waals surface area contributed by atoms with E-state index in [-0.39, 0.29) is 5.91 Å². The Morgan fingerprint density at radius 2 is 1.96 bits per heavy atom. The topological polar surface area (TPSA) is 41.1 Å². The molecule has 0 bridgehead atoms. The van der Waals surface area contributed by atoms with Crippen LogP contribution in [0.2, 0.25) is 0 Å². The minimum Gasteiger partial charge on any atom is -0.332 e. The minimum absolute atomic E-state index is 0.234. The molecule has 2 aromatic carbocycles. The summed E-state index contributed by atoms with van der Waals surface area (Å²) in [6.45, 7) is 4.32. The SMILES string of the molecule is CCC(C)c1ccccc1NC(=S)NC(=O)c1cc(I)cc(I)c1Br. The summed E-state index contributed by atoms with van der Waals surface area (Å²) < 4.78 is 2.75. The zero-order valence-electron chi connectivity index (χ0n) is 13.7. The van der Waals surface area contributed by atoms with Gasteiger partial charge in [0.1, 0.15) is 0 Å². The first kappa shape index (κ1) is 21.0. The summed E-state index contributed by atoms with van der Waals surface area (Å²) in [7, 11) is 0. The van der Waals surface area contributed by atoms with Crippen LogP contribution >= 0.6 is 73.3 Å². The summed E-state index contributed by atoms with van der Waals surface area (Å²) >= 11 is 13.2. The maximum Gasteiger partial charge on any atom is 0.258 e. The van der Waals surface area contributed by atoms with Gasteiger partial charge >= 0.3 is 0 Å². The van der Waals surface area contributed by atoms with Crippen molar-refractivity contribution in [3.8, 4) is 0 Å². The predicted octanol–water partition coefficient (Wildman–Crippen LogP) is 6.30. The number of thiocarbonyl (C=S) groups is 1. The van der Waals surface area contributed by atoms with Gasteiger partial charge in [0.2, 0.25) is 0 Å². The average Bonchev–Trinajstić information content (AvgIpc) is 2.57. The van der Waals surface area contributed by atoms with E-state index < -0.39 is 0 Å². The van der Waals surface area contributed by atoms with Crippen molar-refractivity contribution in [3.63, 3.8) is 0 Å². The monoisotopic (exact) mass is 642 g/mol. The molecule has 2 aromatic rings. The van der Waals surface area contributed by atoms with Gasteiger partial charge in [-0.3, -0.25) is 10.1 Å². The molecule has 0 saturated heterocycles. The molecule has 0 fully saturated rings. The fraction of sp³-hybridized carbons (Fsp3) is 0.222. The van der Waals surface area contributed by atoms with E-state index in [0.717, 1.165) is 23.7 Å². The van der Waals surface area contributed by atoms with Crippen LogP contribution in [0, 0.1) is 7.14 Å². The van der Waals surface area contributed by atoms with Gasteiger partial charge in [-0.15, -0.1) is 0 Å². The molecule has 0 radical (unpaired) electrons. The van der Waals surface area contributed by atoms with Gasteiger partial charge in [-0.1, -0.05) is 32.0 Å². The summed E-state index contributed by atoms with van der Waals surface area (Å²) in [5.41, 5.74) is 2.68. The molecular formula is C18H17BrI2N2OS. The van der Waals surface area contributed by atoms with Crippen LogP contribution in [-0.4, -0.2) is 11.0 Å². The molecule has 0 aromatic heterocycles. The Labute approximate surface area is 189 Å². The van der Waals surface area contributed by atoms with E-state index in [1.54, 1.807) is 0 Å². The Hall–Kier alpha value is -0.260. The molecule has 3 nitrogen and oxygen atoms in total. The summed E-state index contributed by atoms with van der Waals surface area (Å²) in [4.78, 5) is 12.6. The van der Waals surface area contributed by atoms with Crippen LogP contribution in [0.1, 0.15) is 42.1 Å². The van der Waals surface area contributed by atoms with Gasteiger partial charge in [0.25, 0.3) is 5.91 Å². The lowest BCUT2D eigenvalue weighted by Crippen LogP contribution is -2.34. The van der Waals surface area contributed by atoms with Crippen LogP contribution in [0.5, 0.6) is 0 Å². The van der Waals surface area contributed by atoms with Crippen molar-refractivity contribution in [1.82, 2.24) is 5.32 Å². The fourth-order valence-electron chi connectivity index (χ4n) is 2.31. The van der Waals surface area contributed by atoms with Crippen molar-refractivity contribution >= 4 is 90.0 Å². The molecule has 2 rings (SSSR count). The van der Waals surface area contributed by atoms with E-state index in [4.69, 9.17) is 12.2 Å². The maximum absolute atomic E-state index is 12.6. The largest absolute Gasteiger partial charge is 0.332 e. The number of amides is 1. The van der Waals surface area contributed by atoms with E-state index >= 15 is 0 Å². The van der Waals surface area contributed by atoms with Crippen molar-refractivity contribution < 1.29 is 4.79 Å². The molecule has 1 atom stereocenters. The number of nitrogens with one attached hydrogen (secondary N) is 2. The molecule has 132 valence electrons. The number of rotatable bonds is 4. The van der Waals surface area contributed by atoms with Gasteiger partial charge in [0, 0.05) is 17.3 Å². The van der Waals surface area contributed by atoms with Gasteiger partial charge in [-0.25, -0.2) is 0 Å². The number of hydrogen-bond acceptors (Lipinski definition) is 2. The number of hydrogen-bond donors (Lipinski definition) is 2. The van der Waals surface area contributed by atoms with Gasteiger partial charge in [0.15, 0.2) is 5.11 Å². The van der Waals surface area contributed by atoms with Crippen LogP contribution < -0.4 is 10.6 Å². The summed E-state index contributed by atoms with van der Waals surface area (Å²) in [6.07, 6.45) is 1.03. The zero-order valence-corrected chi connectivity index (χ0v) is 20.4. The van der Waals surface area contributed by atoms with E-state index in [2.05, 4.69) is 91.7 Å². The van der Waals surface area contributed by atoms with Gasteiger partial charge in [-0.2, -0.15) is 0 Å². The lowest BCUT2D eigenvalue weighted by atomic mass is 9.97. The van der Waals surface area contributed by atoms with Crippen LogP contribution in [0.3, 0.4) is 0 Å². The Kier molecular flexibility index (Phi) is 8.09. The number of halogens is 3. The normalized spacial score (nSPS) is 11.7. The van der Waals surface area contributed by atoms with Crippen LogP contribution in [-0.2, 0) is 0 Å². The third kappa shape index (κ3) is 5.61. The Morgan fingerprint density at radius 3 is 2.64 bits per heavy atom.